The Kier molecular flexibility index (Phi) is 3.00. The average molecular weight is 210 g/mol. The highest BCUT2D eigenvalue weighted by atomic mass is 16.2. The molecule has 1 heterocycles. The van der Waals surface area contributed by atoms with E-state index in [4.69, 9.17) is 0 Å². The minimum atomic E-state index is -0.205. The second-order valence-electron chi connectivity index (χ2n) is 4.76. The van der Waals surface area contributed by atoms with E-state index in [9.17, 15) is 9.59 Å². The fourth-order valence-corrected chi connectivity index (χ4v) is 1.32. The van der Waals surface area contributed by atoms with Gasteiger partial charge in [0.15, 0.2) is 0 Å². The molecule has 2 amide bonds. The SMILES string of the molecule is CC1=CC(=O)N(CC(C)(C)N(C)C)C1=O. The zero-order valence-corrected chi connectivity index (χ0v) is 10.00. The van der Waals surface area contributed by atoms with Crippen molar-refractivity contribution in [2.75, 3.05) is 20.6 Å². The summed E-state index contributed by atoms with van der Waals surface area (Å²) in [5, 5.41) is 0. The van der Waals surface area contributed by atoms with Crippen molar-refractivity contribution in [2.24, 2.45) is 0 Å². The third kappa shape index (κ3) is 2.26. The third-order valence-corrected chi connectivity index (χ3v) is 2.94. The number of likely N-dealkylation sites (N-methyl/N-ethyl adjacent to an activating group) is 1. The molecular formula is C11H18N2O2. The predicted molar refractivity (Wildman–Crippen MR) is 58.2 cm³/mol. The predicted octanol–water partition coefficient (Wildman–Crippen LogP) is 0.642. The second kappa shape index (κ2) is 3.77. The molecule has 0 saturated carbocycles. The van der Waals surface area contributed by atoms with Crippen LogP contribution in [-0.4, -0.2) is 47.8 Å². The maximum absolute atomic E-state index is 11.6. The molecule has 4 heteroatoms. The van der Waals surface area contributed by atoms with Crippen LogP contribution in [0.15, 0.2) is 11.6 Å². The van der Waals surface area contributed by atoms with E-state index in [1.54, 1.807) is 6.92 Å². The van der Waals surface area contributed by atoms with Crippen molar-refractivity contribution in [3.8, 4) is 0 Å². The molecule has 0 fully saturated rings. The quantitative estimate of drug-likeness (QED) is 0.642. The largest absolute Gasteiger partial charge is 0.302 e. The lowest BCUT2D eigenvalue weighted by molar-refractivity contribution is -0.138. The number of amides is 2. The summed E-state index contributed by atoms with van der Waals surface area (Å²) in [7, 11) is 3.87. The lowest BCUT2D eigenvalue weighted by Gasteiger charge is -2.35. The van der Waals surface area contributed by atoms with Gasteiger partial charge in [0, 0.05) is 23.7 Å². The molecule has 4 nitrogen and oxygen atoms in total. The van der Waals surface area contributed by atoms with Crippen LogP contribution < -0.4 is 0 Å². The first kappa shape index (κ1) is 11.9. The molecule has 0 bridgehead atoms. The van der Waals surface area contributed by atoms with Gasteiger partial charge in [-0.15, -0.1) is 0 Å². The number of carbonyl (C=O) groups is 2. The summed E-state index contributed by atoms with van der Waals surface area (Å²) < 4.78 is 0. The van der Waals surface area contributed by atoms with E-state index in [1.165, 1.54) is 11.0 Å². The van der Waals surface area contributed by atoms with Crippen molar-refractivity contribution in [1.82, 2.24) is 9.80 Å². The zero-order chi connectivity index (χ0) is 11.8. The highest BCUT2D eigenvalue weighted by Gasteiger charge is 2.34. The van der Waals surface area contributed by atoms with Gasteiger partial charge in [-0.2, -0.15) is 0 Å². The van der Waals surface area contributed by atoms with Crippen LogP contribution in [0, 0.1) is 0 Å². The van der Waals surface area contributed by atoms with Gasteiger partial charge >= 0.3 is 0 Å². The summed E-state index contributed by atoms with van der Waals surface area (Å²) in [4.78, 5) is 26.4. The van der Waals surface area contributed by atoms with Crippen LogP contribution in [0.4, 0.5) is 0 Å². The van der Waals surface area contributed by atoms with Crippen LogP contribution in [0.2, 0.25) is 0 Å². The van der Waals surface area contributed by atoms with Crippen molar-refractivity contribution >= 4 is 11.8 Å². The van der Waals surface area contributed by atoms with Crippen molar-refractivity contribution < 1.29 is 9.59 Å². The molecule has 0 spiro atoms. The molecule has 1 aliphatic heterocycles. The number of hydrogen-bond acceptors (Lipinski definition) is 3. The van der Waals surface area contributed by atoms with Crippen LogP contribution >= 0.6 is 0 Å². The Morgan fingerprint density at radius 1 is 1.33 bits per heavy atom. The number of hydrogen-bond donors (Lipinski definition) is 0. The van der Waals surface area contributed by atoms with Gasteiger partial charge in [0.1, 0.15) is 0 Å². The molecule has 0 unspecified atom stereocenters. The van der Waals surface area contributed by atoms with E-state index in [-0.39, 0.29) is 17.4 Å². The Hall–Kier alpha value is -1.16. The lowest BCUT2D eigenvalue weighted by atomic mass is 10.0. The first-order valence-electron chi connectivity index (χ1n) is 4.97. The van der Waals surface area contributed by atoms with E-state index in [2.05, 4.69) is 0 Å². The molecule has 0 aromatic rings. The van der Waals surface area contributed by atoms with Crippen molar-refractivity contribution in [2.45, 2.75) is 26.3 Å². The fourth-order valence-electron chi connectivity index (χ4n) is 1.32. The maximum Gasteiger partial charge on any atom is 0.256 e. The molecule has 0 aliphatic carbocycles. The first-order valence-corrected chi connectivity index (χ1v) is 4.97. The highest BCUT2D eigenvalue weighted by Crippen LogP contribution is 2.18. The Balaban J connectivity index is 2.78. The van der Waals surface area contributed by atoms with Gasteiger partial charge in [0.2, 0.25) is 0 Å². The minimum absolute atomic E-state index is 0.171. The smallest absolute Gasteiger partial charge is 0.256 e. The van der Waals surface area contributed by atoms with E-state index in [0.717, 1.165) is 0 Å². The summed E-state index contributed by atoms with van der Waals surface area (Å²) >= 11 is 0. The van der Waals surface area contributed by atoms with Gasteiger partial charge in [-0.1, -0.05) is 0 Å². The molecule has 0 N–H and O–H groups in total. The Morgan fingerprint density at radius 2 is 1.87 bits per heavy atom. The molecule has 1 rings (SSSR count). The molecule has 0 aromatic carbocycles. The molecule has 0 radical (unpaired) electrons. The van der Waals surface area contributed by atoms with Gasteiger partial charge in [-0.3, -0.25) is 14.5 Å². The average Bonchev–Trinajstić information content (AvgIpc) is 2.32. The molecule has 1 aliphatic rings. The van der Waals surface area contributed by atoms with E-state index in [1.807, 2.05) is 32.8 Å². The van der Waals surface area contributed by atoms with Crippen LogP contribution in [0.1, 0.15) is 20.8 Å². The van der Waals surface area contributed by atoms with E-state index in [0.29, 0.717) is 12.1 Å². The summed E-state index contributed by atoms with van der Waals surface area (Å²) in [5.74, 6) is -0.373. The summed E-state index contributed by atoms with van der Waals surface area (Å²) in [6, 6.07) is 0. The molecule has 84 valence electrons. The molecule has 15 heavy (non-hydrogen) atoms. The standard InChI is InChI=1S/C11H18N2O2/c1-8-6-9(14)13(10(8)15)7-11(2,3)12(4)5/h6H,7H2,1-5H3. The van der Waals surface area contributed by atoms with Crippen molar-refractivity contribution in [3.05, 3.63) is 11.6 Å². The fraction of sp³-hybridized carbons (Fsp3) is 0.636. The number of nitrogens with zero attached hydrogens (tertiary/aromatic N) is 2. The summed E-state index contributed by atoms with van der Waals surface area (Å²) in [6.07, 6.45) is 1.40. The molecule has 0 saturated heterocycles. The van der Waals surface area contributed by atoms with Crippen LogP contribution in [0.25, 0.3) is 0 Å². The highest BCUT2D eigenvalue weighted by molar-refractivity contribution is 6.15. The Bertz CT molecular complexity index is 329. The van der Waals surface area contributed by atoms with Crippen molar-refractivity contribution in [3.63, 3.8) is 0 Å². The van der Waals surface area contributed by atoms with E-state index >= 15 is 0 Å². The second-order valence-corrected chi connectivity index (χ2v) is 4.76. The maximum atomic E-state index is 11.6. The third-order valence-electron chi connectivity index (χ3n) is 2.94. The minimum Gasteiger partial charge on any atom is -0.302 e. The summed E-state index contributed by atoms with van der Waals surface area (Å²) in [5.41, 5.74) is 0.318. The molecule has 0 aromatic heterocycles. The topological polar surface area (TPSA) is 40.6 Å². The number of rotatable bonds is 3. The summed E-state index contributed by atoms with van der Waals surface area (Å²) in [6.45, 7) is 6.09. The van der Waals surface area contributed by atoms with Crippen LogP contribution in [-0.2, 0) is 9.59 Å². The number of imide groups is 1. The van der Waals surface area contributed by atoms with Gasteiger partial charge in [0.25, 0.3) is 11.8 Å². The Morgan fingerprint density at radius 3 is 2.20 bits per heavy atom. The van der Waals surface area contributed by atoms with Gasteiger partial charge in [-0.05, 0) is 34.9 Å². The van der Waals surface area contributed by atoms with Crippen molar-refractivity contribution in [1.29, 1.82) is 0 Å². The van der Waals surface area contributed by atoms with Crippen LogP contribution in [0.3, 0.4) is 0 Å². The normalized spacial score (nSPS) is 17.7. The van der Waals surface area contributed by atoms with Gasteiger partial charge in [0.05, 0.1) is 0 Å². The van der Waals surface area contributed by atoms with Crippen LogP contribution in [0.5, 0.6) is 0 Å². The molecular weight excluding hydrogens is 192 g/mol. The van der Waals surface area contributed by atoms with Gasteiger partial charge in [-0.25, -0.2) is 0 Å². The lowest BCUT2D eigenvalue weighted by Crippen LogP contribution is -2.50. The van der Waals surface area contributed by atoms with E-state index < -0.39 is 0 Å². The molecule has 0 atom stereocenters. The number of carbonyl (C=O) groups excluding carboxylic acids is 2. The first-order chi connectivity index (χ1) is 6.75. The van der Waals surface area contributed by atoms with Gasteiger partial charge < -0.3 is 4.90 Å². The Labute approximate surface area is 90.5 Å². The monoisotopic (exact) mass is 210 g/mol. The zero-order valence-electron chi connectivity index (χ0n) is 10.00.